The summed E-state index contributed by atoms with van der Waals surface area (Å²) >= 11 is 0. The Morgan fingerprint density at radius 3 is 2.00 bits per heavy atom. The second-order valence-electron chi connectivity index (χ2n) is 12.2. The van der Waals surface area contributed by atoms with Gasteiger partial charge in [-0.25, -0.2) is 4.39 Å². The van der Waals surface area contributed by atoms with Gasteiger partial charge in [0.25, 0.3) is 0 Å². The number of carbonyl (C=O) groups excluding carboxylic acids is 1. The number of rotatable bonds is 10. The molecule has 37 heavy (non-hydrogen) atoms. The number of hydrogen-bond donors (Lipinski definition) is 1. The minimum absolute atomic E-state index is 0. The highest BCUT2D eigenvalue weighted by atomic mass is 32.1. The number of benzene rings is 1. The maximum atomic E-state index is 15.1. The maximum Gasteiger partial charge on any atom is 0.306 e. The van der Waals surface area contributed by atoms with Crippen molar-refractivity contribution in [3.63, 3.8) is 0 Å². The Morgan fingerprint density at radius 1 is 0.946 bits per heavy atom. The van der Waals surface area contributed by atoms with E-state index in [1.54, 1.807) is 6.07 Å². The highest BCUT2D eigenvalue weighted by molar-refractivity contribution is 7.59. The van der Waals surface area contributed by atoms with Crippen LogP contribution in [0.2, 0.25) is 0 Å². The van der Waals surface area contributed by atoms with Crippen LogP contribution in [0.1, 0.15) is 98.9 Å². The fourth-order valence-electron chi connectivity index (χ4n) is 7.68. The molecular formula is C28H43FO4S4. The van der Waals surface area contributed by atoms with E-state index in [1.807, 2.05) is 0 Å². The topological polar surface area (TPSA) is 63.6 Å². The number of Topliss-reactive ketones (excluding diaryl/α,β-unsaturated/α-hetero) is 1. The van der Waals surface area contributed by atoms with Gasteiger partial charge in [-0.2, -0.15) is 54.0 Å². The molecule has 0 aliphatic heterocycles. The lowest BCUT2D eigenvalue weighted by Crippen LogP contribution is -2.48. The summed E-state index contributed by atoms with van der Waals surface area (Å²) in [5.41, 5.74) is 1.23. The van der Waals surface area contributed by atoms with Crippen molar-refractivity contribution < 1.29 is 23.8 Å². The molecule has 6 fully saturated rings. The Morgan fingerprint density at radius 2 is 1.51 bits per heavy atom. The van der Waals surface area contributed by atoms with E-state index >= 15 is 4.39 Å². The molecule has 210 valence electrons. The van der Waals surface area contributed by atoms with Crippen LogP contribution >= 0.6 is 54.0 Å². The van der Waals surface area contributed by atoms with Crippen LogP contribution in [-0.2, 0) is 4.79 Å². The molecule has 6 aliphatic carbocycles. The first-order valence-electron chi connectivity index (χ1n) is 13.1. The average Bonchev–Trinajstić information content (AvgIpc) is 3.65. The molecule has 1 aromatic rings. The summed E-state index contributed by atoms with van der Waals surface area (Å²) in [5.74, 6) is 1.24. The van der Waals surface area contributed by atoms with Gasteiger partial charge in [0.05, 0.1) is 18.1 Å². The molecule has 0 spiro atoms. The Labute approximate surface area is 248 Å². The van der Waals surface area contributed by atoms with Gasteiger partial charge >= 0.3 is 5.97 Å². The van der Waals surface area contributed by atoms with Crippen LogP contribution in [0.5, 0.6) is 5.75 Å². The van der Waals surface area contributed by atoms with E-state index in [-0.39, 0.29) is 71.4 Å². The van der Waals surface area contributed by atoms with Crippen molar-refractivity contribution >= 4 is 65.7 Å². The predicted molar refractivity (Wildman–Crippen MR) is 163 cm³/mol. The summed E-state index contributed by atoms with van der Waals surface area (Å²) in [5, 5.41) is 9.53. The number of aliphatic carboxylic acids is 1. The maximum absolute atomic E-state index is 15.1. The van der Waals surface area contributed by atoms with E-state index in [0.717, 1.165) is 49.0 Å². The molecule has 0 saturated heterocycles. The minimum atomic E-state index is -0.950. The molecule has 0 unspecified atom stereocenters. The first kappa shape index (κ1) is 32.7. The highest BCUT2D eigenvalue weighted by Crippen LogP contribution is 2.60. The van der Waals surface area contributed by atoms with Gasteiger partial charge in [0, 0.05) is 17.9 Å². The average molecular weight is 591 g/mol. The third-order valence-electron chi connectivity index (χ3n) is 9.21. The fourth-order valence-corrected chi connectivity index (χ4v) is 7.68. The predicted octanol–water partition coefficient (Wildman–Crippen LogP) is 6.82. The van der Waals surface area contributed by atoms with Gasteiger partial charge in [-0.05, 0) is 99.0 Å². The lowest BCUT2D eigenvalue weighted by molar-refractivity contribution is -0.142. The molecule has 1 N–H and O–H groups in total. The van der Waals surface area contributed by atoms with Crippen LogP contribution in [-0.4, -0.2) is 23.5 Å². The smallest absolute Gasteiger partial charge is 0.306 e. The lowest BCUT2D eigenvalue weighted by Gasteiger charge is -2.56. The van der Waals surface area contributed by atoms with Crippen LogP contribution in [0.3, 0.4) is 0 Å². The van der Waals surface area contributed by atoms with Gasteiger partial charge in [0.2, 0.25) is 0 Å². The van der Waals surface area contributed by atoms with Crippen molar-refractivity contribution in [2.24, 2.45) is 35.0 Å². The number of carboxylic acids is 1. The zero-order valence-electron chi connectivity index (χ0n) is 21.4. The molecule has 0 heterocycles. The summed E-state index contributed by atoms with van der Waals surface area (Å²) in [7, 11) is 0. The third-order valence-corrected chi connectivity index (χ3v) is 9.21. The quantitative estimate of drug-likeness (QED) is 0.304. The Balaban J connectivity index is 0.00000120. The van der Waals surface area contributed by atoms with Crippen LogP contribution in [0, 0.1) is 40.8 Å². The van der Waals surface area contributed by atoms with Crippen LogP contribution in [0.25, 0.3) is 0 Å². The summed E-state index contributed by atoms with van der Waals surface area (Å²) < 4.78 is 21.5. The largest absolute Gasteiger partial charge is 0.493 e. The van der Waals surface area contributed by atoms with Crippen molar-refractivity contribution in [3.8, 4) is 5.75 Å². The standard InChI is InChI=1S/C28H35FO4.4H2S/c29-24-11-26(33-15-28-12-17-5-18(13-28)7-19(6-17)14-28)22(20-3-4-20)10-23(24)25(30)9-21(27(31)32)8-16-1-2-16;;;;/h10-11,16-21H,1-9,12-15H2,(H,31,32);4*1H2/t17?,18?,19?,21-,28?;;;;/m1..../s1. The number of hydrogen-bond acceptors (Lipinski definition) is 3. The number of halogens is 1. The number of ketones is 1. The van der Waals surface area contributed by atoms with Gasteiger partial charge in [-0.1, -0.05) is 12.8 Å². The molecular weight excluding hydrogens is 548 g/mol. The molecule has 4 nitrogen and oxygen atoms in total. The van der Waals surface area contributed by atoms with E-state index in [1.165, 1.54) is 44.6 Å². The van der Waals surface area contributed by atoms with Gasteiger partial charge < -0.3 is 9.84 Å². The van der Waals surface area contributed by atoms with Crippen molar-refractivity contribution in [3.05, 3.63) is 29.1 Å². The van der Waals surface area contributed by atoms with Crippen LogP contribution < -0.4 is 4.74 Å². The third kappa shape index (κ3) is 7.17. The molecule has 9 heteroatoms. The molecule has 6 aliphatic rings. The second kappa shape index (κ2) is 12.8. The molecule has 1 aromatic carbocycles. The van der Waals surface area contributed by atoms with Gasteiger partial charge in [0.1, 0.15) is 11.6 Å². The Bertz CT molecular complexity index is 944. The molecule has 0 radical (unpaired) electrons. The monoisotopic (exact) mass is 590 g/mol. The number of carbonyl (C=O) groups is 2. The zero-order valence-corrected chi connectivity index (χ0v) is 25.4. The van der Waals surface area contributed by atoms with Crippen molar-refractivity contribution in [1.82, 2.24) is 0 Å². The summed E-state index contributed by atoms with van der Waals surface area (Å²) in [6.45, 7) is 0.658. The van der Waals surface area contributed by atoms with Crippen molar-refractivity contribution in [2.75, 3.05) is 6.61 Å². The molecule has 7 rings (SSSR count). The zero-order chi connectivity index (χ0) is 22.7. The first-order valence-corrected chi connectivity index (χ1v) is 13.1. The fraction of sp³-hybridized carbons (Fsp3) is 0.714. The summed E-state index contributed by atoms with van der Waals surface area (Å²) in [6.07, 6.45) is 12.4. The highest BCUT2D eigenvalue weighted by Gasteiger charge is 2.51. The second-order valence-corrected chi connectivity index (χ2v) is 12.2. The molecule has 0 aromatic heterocycles. The van der Waals surface area contributed by atoms with Gasteiger partial charge in [-0.3, -0.25) is 9.59 Å². The minimum Gasteiger partial charge on any atom is -0.493 e. The summed E-state index contributed by atoms with van der Waals surface area (Å²) in [4.78, 5) is 24.6. The molecule has 4 bridgehead atoms. The van der Waals surface area contributed by atoms with E-state index in [2.05, 4.69) is 0 Å². The number of ether oxygens (including phenoxy) is 1. The van der Waals surface area contributed by atoms with Gasteiger partial charge in [0.15, 0.2) is 5.78 Å². The molecule has 1 atom stereocenters. The Kier molecular flexibility index (Phi) is 11.3. The Hall–Kier alpha value is -0.510. The normalized spacial score (nSPS) is 29.6. The van der Waals surface area contributed by atoms with E-state index in [0.29, 0.717) is 30.6 Å². The molecule has 6 saturated carbocycles. The first-order chi connectivity index (χ1) is 15.9. The van der Waals surface area contributed by atoms with Crippen molar-refractivity contribution in [1.29, 1.82) is 0 Å². The number of carboxylic acid groups (broad SMARTS) is 1. The van der Waals surface area contributed by atoms with E-state index in [9.17, 15) is 14.7 Å². The SMILES string of the molecule is O=C(C[C@@H](CC1CC1)C(=O)O)c1cc(C2CC2)c(OCC23CC4CC(CC(C4)C2)C3)cc1F.S.S.S.S. The van der Waals surface area contributed by atoms with Crippen LogP contribution in [0.4, 0.5) is 4.39 Å². The van der Waals surface area contributed by atoms with E-state index in [4.69, 9.17) is 4.74 Å². The van der Waals surface area contributed by atoms with Crippen LogP contribution in [0.15, 0.2) is 12.1 Å². The molecule has 0 amide bonds. The van der Waals surface area contributed by atoms with Gasteiger partial charge in [-0.15, -0.1) is 0 Å². The van der Waals surface area contributed by atoms with Crippen molar-refractivity contribution in [2.45, 2.75) is 83.0 Å². The summed E-state index contributed by atoms with van der Waals surface area (Å²) in [6, 6.07) is 3.10. The lowest BCUT2D eigenvalue weighted by atomic mass is 9.50. The van der Waals surface area contributed by atoms with E-state index < -0.39 is 23.5 Å².